The highest BCUT2D eigenvalue weighted by Gasteiger charge is 2.15. The van der Waals surface area contributed by atoms with Crippen LogP contribution < -0.4 is 10.6 Å². The van der Waals surface area contributed by atoms with Crippen molar-refractivity contribution in [1.82, 2.24) is 10.6 Å². The second kappa shape index (κ2) is 8.25. The summed E-state index contributed by atoms with van der Waals surface area (Å²) in [5, 5.41) is 14.3. The van der Waals surface area contributed by atoms with Crippen LogP contribution in [0.3, 0.4) is 0 Å². The molecule has 0 heterocycles. The number of nitrogens with one attached hydrogen (secondary N) is 2. The third-order valence-corrected chi connectivity index (χ3v) is 2.83. The maximum atomic E-state index is 11.7. The van der Waals surface area contributed by atoms with Crippen molar-refractivity contribution in [3.63, 3.8) is 0 Å². The number of amides is 2. The van der Waals surface area contributed by atoms with Crippen molar-refractivity contribution >= 4 is 33.7 Å². The zero-order valence-electron chi connectivity index (χ0n) is 11.3. The first kappa shape index (κ1) is 17.0. The highest BCUT2D eigenvalue weighted by molar-refractivity contribution is 9.10. The van der Waals surface area contributed by atoms with Gasteiger partial charge in [-0.25, -0.2) is 4.79 Å². The van der Waals surface area contributed by atoms with Crippen LogP contribution in [0.2, 0.25) is 0 Å². The largest absolute Gasteiger partial charge is 0.507 e. The van der Waals surface area contributed by atoms with Gasteiger partial charge in [-0.2, -0.15) is 0 Å². The van der Waals surface area contributed by atoms with Gasteiger partial charge in [0.25, 0.3) is 5.91 Å². The zero-order valence-corrected chi connectivity index (χ0v) is 12.9. The fourth-order valence-corrected chi connectivity index (χ4v) is 1.73. The lowest BCUT2D eigenvalue weighted by Gasteiger charge is -2.07. The Balaban J connectivity index is 2.44. The second-order valence-corrected chi connectivity index (χ2v) is 4.88. The van der Waals surface area contributed by atoms with Gasteiger partial charge < -0.3 is 20.5 Å². The average molecular weight is 359 g/mol. The van der Waals surface area contributed by atoms with Crippen molar-refractivity contribution in [3.8, 4) is 5.75 Å². The molecule has 1 rings (SSSR count). The minimum atomic E-state index is -0.832. The molecule has 1 aromatic carbocycles. The molecule has 2 amide bonds. The Morgan fingerprint density at radius 2 is 1.95 bits per heavy atom. The summed E-state index contributed by atoms with van der Waals surface area (Å²) in [4.78, 5) is 34.2. The maximum Gasteiger partial charge on any atom is 0.342 e. The Morgan fingerprint density at radius 3 is 2.62 bits per heavy atom. The normalized spacial score (nSPS) is 9.81. The molecule has 0 aliphatic rings. The molecule has 3 N–H and O–H groups in total. The number of phenols is 1. The number of hydrogen-bond acceptors (Lipinski definition) is 5. The molecule has 0 unspecified atom stereocenters. The third kappa shape index (κ3) is 5.82. The van der Waals surface area contributed by atoms with Gasteiger partial charge in [0, 0.05) is 11.0 Å². The molecule has 1 aromatic rings. The first-order valence-electron chi connectivity index (χ1n) is 6.13. The van der Waals surface area contributed by atoms with Gasteiger partial charge >= 0.3 is 5.97 Å². The van der Waals surface area contributed by atoms with Crippen molar-refractivity contribution in [2.45, 2.75) is 6.92 Å². The topological polar surface area (TPSA) is 105 Å². The van der Waals surface area contributed by atoms with E-state index in [4.69, 9.17) is 4.74 Å². The van der Waals surface area contributed by atoms with Crippen LogP contribution in [0.4, 0.5) is 0 Å². The highest BCUT2D eigenvalue weighted by Crippen LogP contribution is 2.22. The van der Waals surface area contributed by atoms with Crippen LogP contribution in [0, 0.1) is 0 Å². The first-order chi connectivity index (χ1) is 9.93. The number of carbonyl (C=O) groups is 3. The van der Waals surface area contributed by atoms with E-state index in [0.717, 1.165) is 0 Å². The molecule has 0 atom stereocenters. The van der Waals surface area contributed by atoms with Crippen molar-refractivity contribution < 1.29 is 24.2 Å². The van der Waals surface area contributed by atoms with Crippen LogP contribution >= 0.6 is 15.9 Å². The molecular weight excluding hydrogens is 344 g/mol. The van der Waals surface area contributed by atoms with E-state index < -0.39 is 18.5 Å². The summed E-state index contributed by atoms with van der Waals surface area (Å²) in [6, 6.07) is 4.27. The average Bonchev–Trinajstić information content (AvgIpc) is 2.45. The molecule has 7 nitrogen and oxygen atoms in total. The van der Waals surface area contributed by atoms with Gasteiger partial charge in [0.1, 0.15) is 11.3 Å². The Labute approximate surface area is 129 Å². The Hall–Kier alpha value is -2.09. The molecule has 0 aliphatic heterocycles. The van der Waals surface area contributed by atoms with Crippen molar-refractivity contribution in [2.24, 2.45) is 0 Å². The molecule has 0 aromatic heterocycles. The number of phenolic OH excluding ortho intramolecular Hbond substituents is 1. The molecule has 0 spiro atoms. The number of rotatable bonds is 6. The van der Waals surface area contributed by atoms with Gasteiger partial charge in [-0.15, -0.1) is 0 Å². The van der Waals surface area contributed by atoms with Crippen LogP contribution in [-0.4, -0.2) is 42.6 Å². The predicted octanol–water partition coefficient (Wildman–Crippen LogP) is 0.564. The molecule has 0 radical (unpaired) electrons. The first-order valence-corrected chi connectivity index (χ1v) is 6.92. The fraction of sp³-hybridized carbons (Fsp3) is 0.308. The van der Waals surface area contributed by atoms with E-state index in [2.05, 4.69) is 26.6 Å². The van der Waals surface area contributed by atoms with Gasteiger partial charge in [-0.3, -0.25) is 9.59 Å². The van der Waals surface area contributed by atoms with E-state index >= 15 is 0 Å². The van der Waals surface area contributed by atoms with E-state index in [1.807, 2.05) is 0 Å². The minimum absolute atomic E-state index is 0.0547. The van der Waals surface area contributed by atoms with E-state index in [1.165, 1.54) is 12.1 Å². The van der Waals surface area contributed by atoms with E-state index in [-0.39, 0.29) is 23.8 Å². The van der Waals surface area contributed by atoms with Crippen LogP contribution in [0.15, 0.2) is 22.7 Å². The summed E-state index contributed by atoms with van der Waals surface area (Å²) in [5.74, 6) is -2.02. The van der Waals surface area contributed by atoms with Crippen molar-refractivity contribution in [2.75, 3.05) is 19.7 Å². The number of halogens is 1. The summed E-state index contributed by atoms with van der Waals surface area (Å²) in [6.07, 6.45) is 0. The molecule has 0 aliphatic carbocycles. The lowest BCUT2D eigenvalue weighted by Crippen LogP contribution is -2.38. The molecular formula is C13H15BrN2O5. The monoisotopic (exact) mass is 358 g/mol. The maximum absolute atomic E-state index is 11.7. The van der Waals surface area contributed by atoms with Crippen LogP contribution in [-0.2, 0) is 14.3 Å². The molecule has 0 saturated heterocycles. The molecule has 21 heavy (non-hydrogen) atoms. The Morgan fingerprint density at radius 1 is 1.24 bits per heavy atom. The van der Waals surface area contributed by atoms with Crippen LogP contribution in [0.1, 0.15) is 17.3 Å². The SMILES string of the molecule is CCNC(=O)CNC(=O)COC(=O)c1cc(Br)ccc1O. The fourth-order valence-electron chi connectivity index (χ4n) is 1.37. The van der Waals surface area contributed by atoms with E-state index in [9.17, 15) is 19.5 Å². The van der Waals surface area contributed by atoms with Crippen LogP contribution in [0.5, 0.6) is 5.75 Å². The van der Waals surface area contributed by atoms with Gasteiger partial charge in [-0.1, -0.05) is 15.9 Å². The molecule has 8 heteroatoms. The molecule has 0 saturated carbocycles. The highest BCUT2D eigenvalue weighted by atomic mass is 79.9. The van der Waals surface area contributed by atoms with Gasteiger partial charge in [0.05, 0.1) is 6.54 Å². The lowest BCUT2D eigenvalue weighted by atomic mass is 10.2. The predicted molar refractivity (Wildman–Crippen MR) is 77.8 cm³/mol. The number of hydrogen-bond donors (Lipinski definition) is 3. The van der Waals surface area contributed by atoms with E-state index in [1.54, 1.807) is 13.0 Å². The Bertz CT molecular complexity index is 547. The van der Waals surface area contributed by atoms with Gasteiger partial charge in [0.2, 0.25) is 5.91 Å². The summed E-state index contributed by atoms with van der Waals surface area (Å²) in [5.41, 5.74) is -0.0547. The molecule has 114 valence electrons. The summed E-state index contributed by atoms with van der Waals surface area (Å²) in [7, 11) is 0. The standard InChI is InChI=1S/C13H15BrN2O5/c1-2-15-11(18)6-16-12(19)7-21-13(20)9-5-8(14)3-4-10(9)17/h3-5,17H,2,6-7H2,1H3,(H,15,18)(H,16,19). The molecule has 0 bridgehead atoms. The quantitative estimate of drug-likeness (QED) is 0.644. The number of carbonyl (C=O) groups excluding carboxylic acids is 3. The molecule has 0 fully saturated rings. The second-order valence-electron chi connectivity index (χ2n) is 3.97. The Kier molecular flexibility index (Phi) is 6.67. The van der Waals surface area contributed by atoms with Crippen LogP contribution in [0.25, 0.3) is 0 Å². The smallest absolute Gasteiger partial charge is 0.342 e. The number of esters is 1. The zero-order chi connectivity index (χ0) is 15.8. The summed E-state index contributed by atoms with van der Waals surface area (Å²) < 4.78 is 5.35. The number of benzene rings is 1. The lowest BCUT2D eigenvalue weighted by molar-refractivity contribution is -0.127. The third-order valence-electron chi connectivity index (χ3n) is 2.33. The number of aromatic hydroxyl groups is 1. The minimum Gasteiger partial charge on any atom is -0.507 e. The van der Waals surface area contributed by atoms with Crippen molar-refractivity contribution in [3.05, 3.63) is 28.2 Å². The van der Waals surface area contributed by atoms with Gasteiger partial charge in [-0.05, 0) is 25.1 Å². The summed E-state index contributed by atoms with van der Waals surface area (Å²) >= 11 is 3.16. The summed E-state index contributed by atoms with van der Waals surface area (Å²) in [6.45, 7) is 1.49. The van der Waals surface area contributed by atoms with E-state index in [0.29, 0.717) is 11.0 Å². The van der Waals surface area contributed by atoms with Gasteiger partial charge in [0.15, 0.2) is 6.61 Å². The number of likely N-dealkylation sites (N-methyl/N-ethyl adjacent to an activating group) is 1. The number of ether oxygens (including phenoxy) is 1. The van der Waals surface area contributed by atoms with Crippen molar-refractivity contribution in [1.29, 1.82) is 0 Å².